The summed E-state index contributed by atoms with van der Waals surface area (Å²) in [7, 11) is 3.99. The van der Waals surface area contributed by atoms with Crippen LogP contribution in [0.5, 0.6) is 0 Å². The molecule has 0 radical (unpaired) electrons. The van der Waals surface area contributed by atoms with Gasteiger partial charge in [0, 0.05) is 49.0 Å². The third-order valence-electron chi connectivity index (χ3n) is 18.0. The molecule has 6 saturated carbocycles. The van der Waals surface area contributed by atoms with Gasteiger partial charge in [-0.1, -0.05) is 72.6 Å². The van der Waals surface area contributed by atoms with Gasteiger partial charge in [-0.15, -0.1) is 0 Å². The minimum atomic E-state index is -0.173. The highest BCUT2D eigenvalue weighted by Crippen LogP contribution is 2.71. The minimum Gasteiger partial charge on any atom is -0.462 e. The third-order valence-corrected chi connectivity index (χ3v) is 21.3. The smallest absolute Gasteiger partial charge is 0.302 e. The van der Waals surface area contributed by atoms with E-state index in [-0.39, 0.29) is 68.1 Å². The molecule has 0 spiro atoms. The first kappa shape index (κ1) is 39.3. The molecule has 6 nitrogen and oxygen atoms in total. The van der Waals surface area contributed by atoms with E-state index in [0.717, 1.165) is 77.0 Å². The van der Waals surface area contributed by atoms with Crippen LogP contribution in [0.1, 0.15) is 145 Å². The topological polar surface area (TPSA) is 86.7 Å². The van der Waals surface area contributed by atoms with Crippen LogP contribution in [-0.4, -0.2) is 46.2 Å². The zero-order valence-electron chi connectivity index (χ0n) is 34.2. The number of carbonyl (C=O) groups is 4. The first-order valence-corrected chi connectivity index (χ1v) is 23.8. The van der Waals surface area contributed by atoms with Crippen LogP contribution in [0.3, 0.4) is 0 Å². The Balaban J connectivity index is 0.995. The molecule has 8 aliphatic rings. The van der Waals surface area contributed by atoms with Crippen molar-refractivity contribution < 1.29 is 28.7 Å². The van der Waals surface area contributed by atoms with Crippen molar-refractivity contribution in [3.8, 4) is 0 Å². The molecule has 8 aliphatic carbocycles. The molecular formula is C46H66O6S2. The summed E-state index contributed by atoms with van der Waals surface area (Å²) in [5, 5.41) is 0.558. The molecule has 6 fully saturated rings. The van der Waals surface area contributed by atoms with E-state index < -0.39 is 0 Å². The maximum Gasteiger partial charge on any atom is 0.302 e. The fourth-order valence-corrected chi connectivity index (χ4v) is 19.8. The molecular weight excluding hydrogens is 713 g/mol. The Labute approximate surface area is 332 Å². The molecule has 0 heterocycles. The van der Waals surface area contributed by atoms with Crippen molar-refractivity contribution in [1.82, 2.24) is 0 Å². The Kier molecular flexibility index (Phi) is 10.2. The quantitative estimate of drug-likeness (QED) is 0.143. The lowest BCUT2D eigenvalue weighted by Gasteiger charge is -2.58. The van der Waals surface area contributed by atoms with Crippen LogP contribution in [0.4, 0.5) is 0 Å². The summed E-state index contributed by atoms with van der Waals surface area (Å²) in [6, 6.07) is 0. The Morgan fingerprint density at radius 1 is 0.574 bits per heavy atom. The van der Waals surface area contributed by atoms with Crippen molar-refractivity contribution in [2.75, 3.05) is 0 Å². The zero-order valence-corrected chi connectivity index (χ0v) is 35.9. The highest BCUT2D eigenvalue weighted by atomic mass is 33.1. The molecule has 16 atom stereocenters. The van der Waals surface area contributed by atoms with Crippen molar-refractivity contribution in [1.29, 1.82) is 0 Å². The van der Waals surface area contributed by atoms with Gasteiger partial charge < -0.3 is 9.47 Å². The molecule has 8 heteroatoms. The van der Waals surface area contributed by atoms with Crippen LogP contribution in [0.15, 0.2) is 23.3 Å². The maximum atomic E-state index is 13.7. The predicted octanol–water partition coefficient (Wildman–Crippen LogP) is 10.5. The Morgan fingerprint density at radius 3 is 1.31 bits per heavy atom. The highest BCUT2D eigenvalue weighted by Gasteiger charge is 2.65. The van der Waals surface area contributed by atoms with Crippen molar-refractivity contribution in [3.05, 3.63) is 23.3 Å². The van der Waals surface area contributed by atoms with E-state index in [2.05, 4.69) is 39.8 Å². The second-order valence-electron chi connectivity index (χ2n) is 20.5. The van der Waals surface area contributed by atoms with Crippen molar-refractivity contribution in [2.45, 2.75) is 168 Å². The number of esters is 2. The number of ether oxygens (including phenoxy) is 2. The van der Waals surface area contributed by atoms with Gasteiger partial charge in [-0.25, -0.2) is 0 Å². The van der Waals surface area contributed by atoms with Gasteiger partial charge in [0.05, 0.1) is 0 Å². The van der Waals surface area contributed by atoms with Crippen LogP contribution in [0, 0.1) is 69.0 Å². The SMILES string of the molecule is CC(=O)OC1CC[C@@]2(C)C(=CCC3C4C[C@@H](SS[C@H]5CC6C7CC=C8CC(OC(C)=O)CC[C@@]8(C)C7CC[C@@]6(C)C5C(C)=O)C(C(C)=O)[C@@]4(C)CCC32)C1. The molecule has 0 aromatic carbocycles. The fourth-order valence-electron chi connectivity index (χ4n) is 15.7. The van der Waals surface area contributed by atoms with Crippen LogP contribution < -0.4 is 0 Å². The number of hydrogen-bond acceptors (Lipinski definition) is 8. The van der Waals surface area contributed by atoms with Gasteiger partial charge in [-0.2, -0.15) is 0 Å². The van der Waals surface area contributed by atoms with Crippen molar-refractivity contribution in [2.24, 2.45) is 69.0 Å². The second-order valence-corrected chi connectivity index (χ2v) is 23.2. The largest absolute Gasteiger partial charge is 0.462 e. The number of ketones is 2. The van der Waals surface area contributed by atoms with Gasteiger partial charge in [-0.3, -0.25) is 19.2 Å². The van der Waals surface area contributed by atoms with E-state index in [1.807, 2.05) is 35.4 Å². The van der Waals surface area contributed by atoms with E-state index in [9.17, 15) is 19.2 Å². The summed E-state index contributed by atoms with van der Waals surface area (Å²) >= 11 is 0. The van der Waals surface area contributed by atoms with Gasteiger partial charge in [0.15, 0.2) is 0 Å². The molecule has 0 amide bonds. The van der Waals surface area contributed by atoms with Gasteiger partial charge in [0.2, 0.25) is 0 Å². The van der Waals surface area contributed by atoms with Crippen LogP contribution in [0.2, 0.25) is 0 Å². The van der Waals surface area contributed by atoms with E-state index >= 15 is 0 Å². The number of carbonyl (C=O) groups excluding carboxylic acids is 4. The summed E-state index contributed by atoms with van der Waals surface area (Å²) < 4.78 is 11.4. The standard InChI is InChI=1S/C46H66O6S2/c1-25(47)41-39(23-37-33-11-9-29-21-31(51-27(3)49)13-17-43(29,5)35(33)15-19-45(37,41)7)53-54-40-24-38-34-12-10-30-22-32(52-28(4)50)14-18-44(30,6)36(34)16-20-46(38,8)42(40)26(2)48/h9-10,31-42H,11-24H2,1-8H3/t31?,32?,33?,34?,35?,36?,37?,38?,39-,40+,41?,42?,43+,44-,45+,46-. The molecule has 0 N–H and O–H groups in total. The first-order valence-electron chi connectivity index (χ1n) is 21.6. The lowest BCUT2D eigenvalue weighted by atomic mass is 9.47. The molecule has 0 aromatic heterocycles. The highest BCUT2D eigenvalue weighted by molar-refractivity contribution is 8.77. The van der Waals surface area contributed by atoms with Gasteiger partial charge >= 0.3 is 11.9 Å². The second kappa shape index (κ2) is 14.1. The van der Waals surface area contributed by atoms with E-state index in [1.54, 1.807) is 0 Å². The van der Waals surface area contributed by atoms with Crippen LogP contribution in [-0.2, 0) is 28.7 Å². The predicted molar refractivity (Wildman–Crippen MR) is 216 cm³/mol. The minimum absolute atomic E-state index is 0.00821. The van der Waals surface area contributed by atoms with Crippen LogP contribution >= 0.6 is 21.6 Å². The molecule has 8 rings (SSSR count). The molecule has 0 aromatic rings. The number of hydrogen-bond donors (Lipinski definition) is 0. The van der Waals surface area contributed by atoms with Gasteiger partial charge in [0.25, 0.3) is 0 Å². The Hall–Kier alpha value is -1.54. The number of rotatable bonds is 7. The third kappa shape index (κ3) is 6.17. The molecule has 54 heavy (non-hydrogen) atoms. The molecule has 0 bridgehead atoms. The lowest BCUT2D eigenvalue weighted by molar-refractivity contribution is -0.149. The van der Waals surface area contributed by atoms with E-state index in [0.29, 0.717) is 47.1 Å². The lowest BCUT2D eigenvalue weighted by Crippen LogP contribution is -2.51. The van der Waals surface area contributed by atoms with Crippen molar-refractivity contribution in [3.63, 3.8) is 0 Å². The zero-order chi connectivity index (χ0) is 38.5. The molecule has 298 valence electrons. The monoisotopic (exact) mass is 778 g/mol. The average molecular weight is 779 g/mol. The van der Waals surface area contributed by atoms with E-state index in [4.69, 9.17) is 9.47 Å². The fraction of sp³-hybridized carbons (Fsp3) is 0.826. The number of fused-ring (bicyclic) bond motifs is 10. The van der Waals surface area contributed by atoms with Gasteiger partial charge in [-0.05, 0) is 148 Å². The maximum absolute atomic E-state index is 13.7. The summed E-state index contributed by atoms with van der Waals surface area (Å²) in [5.74, 6) is 3.95. The van der Waals surface area contributed by atoms with Gasteiger partial charge in [0.1, 0.15) is 23.8 Å². The Bertz CT molecular complexity index is 1520. The summed E-state index contributed by atoms with van der Waals surface area (Å²) in [4.78, 5) is 51.0. The number of allylic oxidation sites excluding steroid dienone is 2. The normalized spacial score (nSPS) is 49.0. The summed E-state index contributed by atoms with van der Waals surface area (Å²) in [6.07, 6.45) is 19.8. The van der Waals surface area contributed by atoms with Crippen LogP contribution in [0.25, 0.3) is 0 Å². The average Bonchev–Trinajstić information content (AvgIpc) is 3.57. The summed E-state index contributed by atoms with van der Waals surface area (Å²) in [6.45, 7) is 16.7. The molecule has 0 saturated heterocycles. The Morgan fingerprint density at radius 2 is 0.963 bits per heavy atom. The van der Waals surface area contributed by atoms with E-state index in [1.165, 1.54) is 37.8 Å². The summed E-state index contributed by atoms with van der Waals surface area (Å²) in [5.41, 5.74) is 3.36. The number of Topliss-reactive ketones (excluding diaryl/α,β-unsaturated/α-hetero) is 2. The van der Waals surface area contributed by atoms with Crippen molar-refractivity contribution >= 4 is 45.1 Å². The molecule has 10 unspecified atom stereocenters. The first-order chi connectivity index (χ1) is 25.5. The molecule has 0 aliphatic heterocycles.